The number of aliphatic imine (C=N–C) groups is 1. The van der Waals surface area contributed by atoms with Crippen molar-refractivity contribution in [3.63, 3.8) is 0 Å². The Bertz CT molecular complexity index is 228. The zero-order chi connectivity index (χ0) is 8.97. The molecule has 0 saturated heterocycles. The van der Waals surface area contributed by atoms with Crippen molar-refractivity contribution >= 4 is 5.90 Å². The lowest BCUT2D eigenvalue weighted by atomic mass is 10.1. The largest absolute Gasteiger partial charge is 0.471 e. The Morgan fingerprint density at radius 3 is 2.58 bits per heavy atom. The van der Waals surface area contributed by atoms with Crippen molar-refractivity contribution in [2.24, 2.45) is 4.99 Å². The quantitative estimate of drug-likeness (QED) is 0.540. The lowest BCUT2D eigenvalue weighted by molar-refractivity contribution is 0.252. The number of hydrogen-bond acceptors (Lipinski definition) is 2. The van der Waals surface area contributed by atoms with Crippen LogP contribution < -0.4 is 0 Å². The van der Waals surface area contributed by atoms with Crippen LogP contribution in [-0.2, 0) is 4.74 Å². The fourth-order valence-electron chi connectivity index (χ4n) is 1.24. The average molecular weight is 165 g/mol. The number of allylic oxidation sites excluding steroid dienone is 2. The van der Waals surface area contributed by atoms with Gasteiger partial charge in [-0.2, -0.15) is 0 Å². The minimum Gasteiger partial charge on any atom is -0.471 e. The van der Waals surface area contributed by atoms with Gasteiger partial charge in [-0.05, 0) is 6.08 Å². The van der Waals surface area contributed by atoms with Crippen LogP contribution in [0.15, 0.2) is 29.3 Å². The van der Waals surface area contributed by atoms with Crippen molar-refractivity contribution < 1.29 is 4.74 Å². The van der Waals surface area contributed by atoms with Crippen molar-refractivity contribution in [2.75, 3.05) is 0 Å². The fourth-order valence-corrected chi connectivity index (χ4v) is 1.24. The van der Waals surface area contributed by atoms with E-state index in [0.29, 0.717) is 0 Å². The van der Waals surface area contributed by atoms with Crippen molar-refractivity contribution in [3.05, 3.63) is 24.3 Å². The lowest BCUT2D eigenvalue weighted by Crippen LogP contribution is -2.19. The summed E-state index contributed by atoms with van der Waals surface area (Å²) in [5, 5.41) is 0. The standard InChI is InChI=1S/C8H9NO.C2H6/c1-6-9-7-4-2-3-5-8(7)10-6;1-2/h2-5,7-8H,1H3;1-2H3. The van der Waals surface area contributed by atoms with E-state index in [0.717, 1.165) is 5.90 Å². The van der Waals surface area contributed by atoms with Gasteiger partial charge in [0.25, 0.3) is 0 Å². The smallest absolute Gasteiger partial charge is 0.181 e. The third kappa shape index (κ3) is 1.76. The maximum absolute atomic E-state index is 5.38. The number of fused-ring (bicyclic) bond motifs is 1. The van der Waals surface area contributed by atoms with E-state index in [-0.39, 0.29) is 12.1 Å². The molecule has 0 aromatic rings. The first-order valence-electron chi connectivity index (χ1n) is 4.42. The predicted octanol–water partition coefficient (Wildman–Crippen LogP) is 2.32. The van der Waals surface area contributed by atoms with Crippen LogP contribution in [0.4, 0.5) is 0 Å². The third-order valence-corrected chi connectivity index (χ3v) is 1.69. The molecular weight excluding hydrogens is 150 g/mol. The molecule has 2 atom stereocenters. The van der Waals surface area contributed by atoms with Crippen LogP contribution in [0.5, 0.6) is 0 Å². The molecule has 2 rings (SSSR count). The molecule has 2 nitrogen and oxygen atoms in total. The minimum atomic E-state index is 0.171. The molecule has 66 valence electrons. The Morgan fingerprint density at radius 1 is 1.25 bits per heavy atom. The van der Waals surface area contributed by atoms with Crippen molar-refractivity contribution in [1.82, 2.24) is 0 Å². The fraction of sp³-hybridized carbons (Fsp3) is 0.500. The SMILES string of the molecule is CC.CC1=NC2C=CC=CC2O1. The molecule has 12 heavy (non-hydrogen) atoms. The molecule has 1 aliphatic carbocycles. The van der Waals surface area contributed by atoms with Crippen LogP contribution in [0.25, 0.3) is 0 Å². The van der Waals surface area contributed by atoms with E-state index in [2.05, 4.69) is 11.1 Å². The van der Waals surface area contributed by atoms with E-state index in [4.69, 9.17) is 4.74 Å². The van der Waals surface area contributed by atoms with E-state index in [1.54, 1.807) is 0 Å². The van der Waals surface area contributed by atoms with Gasteiger partial charge < -0.3 is 4.74 Å². The molecule has 0 fully saturated rings. The summed E-state index contributed by atoms with van der Waals surface area (Å²) in [4.78, 5) is 4.27. The van der Waals surface area contributed by atoms with E-state index < -0.39 is 0 Å². The van der Waals surface area contributed by atoms with Gasteiger partial charge >= 0.3 is 0 Å². The highest BCUT2D eigenvalue weighted by atomic mass is 16.5. The first-order chi connectivity index (χ1) is 5.86. The van der Waals surface area contributed by atoms with Gasteiger partial charge in [0, 0.05) is 6.92 Å². The van der Waals surface area contributed by atoms with Gasteiger partial charge in [-0.3, -0.25) is 0 Å². The lowest BCUT2D eigenvalue weighted by Gasteiger charge is -2.11. The van der Waals surface area contributed by atoms with Crippen LogP contribution in [0.3, 0.4) is 0 Å². The van der Waals surface area contributed by atoms with Crippen LogP contribution in [-0.4, -0.2) is 18.0 Å². The van der Waals surface area contributed by atoms with E-state index in [1.807, 2.05) is 39.0 Å². The Hall–Kier alpha value is -1.05. The predicted molar refractivity (Wildman–Crippen MR) is 51.4 cm³/mol. The van der Waals surface area contributed by atoms with Gasteiger partial charge in [0.2, 0.25) is 0 Å². The number of hydrogen-bond donors (Lipinski definition) is 0. The molecule has 1 aliphatic heterocycles. The molecular formula is C10H15NO. The van der Waals surface area contributed by atoms with Gasteiger partial charge in [0.05, 0.1) is 0 Å². The summed E-state index contributed by atoms with van der Waals surface area (Å²) in [6.07, 6.45) is 8.26. The summed E-state index contributed by atoms with van der Waals surface area (Å²) >= 11 is 0. The maximum atomic E-state index is 5.38. The van der Waals surface area contributed by atoms with E-state index >= 15 is 0 Å². The highest BCUT2D eigenvalue weighted by molar-refractivity contribution is 5.76. The van der Waals surface area contributed by atoms with Gasteiger partial charge in [0.1, 0.15) is 12.1 Å². The summed E-state index contributed by atoms with van der Waals surface area (Å²) in [6, 6.07) is 0.241. The second kappa shape index (κ2) is 4.10. The minimum absolute atomic E-state index is 0.171. The number of rotatable bonds is 0. The highest BCUT2D eigenvalue weighted by Crippen LogP contribution is 2.18. The second-order valence-corrected chi connectivity index (χ2v) is 2.49. The van der Waals surface area contributed by atoms with E-state index in [9.17, 15) is 0 Å². The average Bonchev–Trinajstić information content (AvgIpc) is 2.48. The molecule has 0 amide bonds. The Kier molecular flexibility index (Phi) is 3.09. The number of ether oxygens (including phenoxy) is 1. The zero-order valence-corrected chi connectivity index (χ0v) is 7.82. The van der Waals surface area contributed by atoms with Crippen LogP contribution in [0.1, 0.15) is 20.8 Å². The Morgan fingerprint density at radius 2 is 1.92 bits per heavy atom. The Balaban J connectivity index is 0.000000336. The van der Waals surface area contributed by atoms with Crippen molar-refractivity contribution in [2.45, 2.75) is 32.9 Å². The van der Waals surface area contributed by atoms with Gasteiger partial charge in [0.15, 0.2) is 5.90 Å². The number of nitrogens with zero attached hydrogens (tertiary/aromatic N) is 1. The zero-order valence-electron chi connectivity index (χ0n) is 7.82. The molecule has 2 aliphatic rings. The molecule has 0 saturated carbocycles. The molecule has 1 heterocycles. The first-order valence-corrected chi connectivity index (χ1v) is 4.42. The normalized spacial score (nSPS) is 29.8. The first kappa shape index (κ1) is 9.04. The van der Waals surface area contributed by atoms with Gasteiger partial charge in [-0.1, -0.05) is 32.1 Å². The molecule has 0 radical (unpaired) electrons. The molecule has 0 spiro atoms. The summed E-state index contributed by atoms with van der Waals surface area (Å²) in [5.41, 5.74) is 0. The molecule has 0 aromatic carbocycles. The summed E-state index contributed by atoms with van der Waals surface area (Å²) in [6.45, 7) is 5.89. The summed E-state index contributed by atoms with van der Waals surface area (Å²) < 4.78 is 5.38. The van der Waals surface area contributed by atoms with Crippen LogP contribution >= 0.6 is 0 Å². The van der Waals surface area contributed by atoms with Gasteiger partial charge in [-0.25, -0.2) is 4.99 Å². The molecule has 2 heteroatoms. The summed E-state index contributed by atoms with van der Waals surface area (Å²) in [5.74, 6) is 0.797. The Labute approximate surface area is 73.6 Å². The van der Waals surface area contributed by atoms with Crippen molar-refractivity contribution in [1.29, 1.82) is 0 Å². The molecule has 0 bridgehead atoms. The topological polar surface area (TPSA) is 21.6 Å². The maximum Gasteiger partial charge on any atom is 0.181 e. The second-order valence-electron chi connectivity index (χ2n) is 2.49. The third-order valence-electron chi connectivity index (χ3n) is 1.69. The summed E-state index contributed by atoms with van der Waals surface area (Å²) in [7, 11) is 0. The highest BCUT2D eigenvalue weighted by Gasteiger charge is 2.25. The van der Waals surface area contributed by atoms with Crippen LogP contribution in [0.2, 0.25) is 0 Å². The molecule has 0 aromatic heterocycles. The monoisotopic (exact) mass is 165 g/mol. The van der Waals surface area contributed by atoms with E-state index in [1.165, 1.54) is 0 Å². The molecule has 2 unspecified atom stereocenters. The molecule has 0 N–H and O–H groups in total. The van der Waals surface area contributed by atoms with Crippen molar-refractivity contribution in [3.8, 4) is 0 Å². The van der Waals surface area contributed by atoms with Crippen LogP contribution in [0, 0.1) is 0 Å². The van der Waals surface area contributed by atoms with Gasteiger partial charge in [-0.15, -0.1) is 0 Å².